The normalized spacial score (nSPS) is 11.9. The van der Waals surface area contributed by atoms with Gasteiger partial charge in [-0.05, 0) is 35.3 Å². The number of aromatic nitrogens is 1. The lowest BCUT2D eigenvalue weighted by atomic mass is 10.3. The fourth-order valence-corrected chi connectivity index (χ4v) is 1.58. The first-order chi connectivity index (χ1) is 8.04. The summed E-state index contributed by atoms with van der Waals surface area (Å²) < 4.78 is 0.797. The van der Waals surface area contributed by atoms with Crippen molar-refractivity contribution >= 4 is 27.7 Å². The smallest absolute Gasteiger partial charge is 0.268 e. The molecule has 0 saturated carbocycles. The summed E-state index contributed by atoms with van der Waals surface area (Å²) in [6.07, 6.45) is 2.53. The van der Waals surface area contributed by atoms with Gasteiger partial charge in [-0.15, -0.1) is 0 Å². The predicted molar refractivity (Wildman–Crippen MR) is 68.7 cm³/mol. The van der Waals surface area contributed by atoms with Gasteiger partial charge in [0, 0.05) is 17.2 Å². The third-order valence-corrected chi connectivity index (χ3v) is 2.64. The molecule has 1 heterocycles. The highest BCUT2D eigenvalue weighted by atomic mass is 79.9. The van der Waals surface area contributed by atoms with Crippen LogP contribution in [-0.4, -0.2) is 29.4 Å². The van der Waals surface area contributed by atoms with E-state index in [1.165, 1.54) is 0 Å². The summed E-state index contributed by atoms with van der Waals surface area (Å²) in [4.78, 5) is 26.0. The molecule has 1 unspecified atom stereocenters. The Morgan fingerprint density at radius 1 is 1.53 bits per heavy atom. The van der Waals surface area contributed by atoms with Gasteiger partial charge in [0.25, 0.3) is 5.91 Å². The van der Waals surface area contributed by atoms with Gasteiger partial charge in [0.1, 0.15) is 11.7 Å². The Labute approximate surface area is 108 Å². The van der Waals surface area contributed by atoms with Crippen molar-refractivity contribution in [2.45, 2.75) is 26.3 Å². The fraction of sp³-hybridized carbons (Fsp3) is 0.455. The first-order valence-corrected chi connectivity index (χ1v) is 6.26. The third kappa shape index (κ3) is 4.22. The molecule has 2 amide bonds. The van der Waals surface area contributed by atoms with Gasteiger partial charge >= 0.3 is 0 Å². The Morgan fingerprint density at radius 3 is 2.76 bits per heavy atom. The van der Waals surface area contributed by atoms with Crippen LogP contribution >= 0.6 is 15.9 Å². The molecular formula is C11H16BrN3O2. The molecule has 3 N–H and O–H groups in total. The molecule has 0 aromatic carbocycles. The van der Waals surface area contributed by atoms with Crippen molar-refractivity contribution in [2.24, 2.45) is 0 Å². The topological polar surface area (TPSA) is 74.0 Å². The minimum Gasteiger partial charge on any atom is -0.356 e. The highest BCUT2D eigenvalue weighted by Crippen LogP contribution is 2.10. The number of amides is 2. The van der Waals surface area contributed by atoms with Gasteiger partial charge in [-0.2, -0.15) is 0 Å². The summed E-state index contributed by atoms with van der Waals surface area (Å²) in [5, 5.41) is 5.34. The predicted octanol–water partition coefficient (Wildman–Crippen LogP) is 1.42. The SMILES string of the molecule is CCCNC(=O)C(C)NC(=O)c1cc(Br)c[nH]1. The van der Waals surface area contributed by atoms with Crippen LogP contribution < -0.4 is 10.6 Å². The monoisotopic (exact) mass is 301 g/mol. The Balaban J connectivity index is 2.48. The zero-order valence-corrected chi connectivity index (χ0v) is 11.4. The molecule has 1 atom stereocenters. The van der Waals surface area contributed by atoms with Crippen LogP contribution in [0.3, 0.4) is 0 Å². The van der Waals surface area contributed by atoms with E-state index in [0.29, 0.717) is 12.2 Å². The van der Waals surface area contributed by atoms with Gasteiger partial charge in [-0.1, -0.05) is 6.92 Å². The number of H-pyrrole nitrogens is 1. The largest absolute Gasteiger partial charge is 0.356 e. The summed E-state index contributed by atoms with van der Waals surface area (Å²) in [6.45, 7) is 4.24. The molecule has 1 aromatic heterocycles. The maximum Gasteiger partial charge on any atom is 0.268 e. The minimum atomic E-state index is -0.545. The van der Waals surface area contributed by atoms with E-state index in [0.717, 1.165) is 10.9 Å². The molecule has 1 aromatic rings. The van der Waals surface area contributed by atoms with Gasteiger partial charge in [0.15, 0.2) is 0 Å². The number of hydrogen-bond donors (Lipinski definition) is 3. The maximum atomic E-state index is 11.7. The Morgan fingerprint density at radius 2 is 2.24 bits per heavy atom. The number of carbonyl (C=O) groups is 2. The van der Waals surface area contributed by atoms with Crippen LogP contribution in [0.2, 0.25) is 0 Å². The van der Waals surface area contributed by atoms with Gasteiger partial charge < -0.3 is 15.6 Å². The Hall–Kier alpha value is -1.30. The van der Waals surface area contributed by atoms with Crippen molar-refractivity contribution in [3.05, 3.63) is 22.4 Å². The van der Waals surface area contributed by atoms with Crippen LogP contribution in [0.4, 0.5) is 0 Å². The van der Waals surface area contributed by atoms with Crippen LogP contribution in [0.1, 0.15) is 30.8 Å². The molecule has 6 heteroatoms. The quantitative estimate of drug-likeness (QED) is 0.769. The van der Waals surface area contributed by atoms with E-state index in [4.69, 9.17) is 0 Å². The lowest BCUT2D eigenvalue weighted by Gasteiger charge is -2.12. The summed E-state index contributed by atoms with van der Waals surface area (Å²) in [5.41, 5.74) is 0.423. The fourth-order valence-electron chi connectivity index (χ4n) is 1.24. The van der Waals surface area contributed by atoms with Gasteiger partial charge in [0.2, 0.25) is 5.91 Å². The van der Waals surface area contributed by atoms with Crippen LogP contribution in [0, 0.1) is 0 Å². The van der Waals surface area contributed by atoms with E-state index in [-0.39, 0.29) is 11.8 Å². The summed E-state index contributed by atoms with van der Waals surface area (Å²) >= 11 is 3.24. The summed E-state index contributed by atoms with van der Waals surface area (Å²) in [5.74, 6) is -0.472. The van der Waals surface area contributed by atoms with E-state index in [9.17, 15) is 9.59 Å². The number of carbonyl (C=O) groups excluding carboxylic acids is 2. The molecule has 0 radical (unpaired) electrons. The van der Waals surface area contributed by atoms with Crippen molar-refractivity contribution in [2.75, 3.05) is 6.54 Å². The molecule has 0 bridgehead atoms. The number of aromatic amines is 1. The summed E-state index contributed by atoms with van der Waals surface area (Å²) in [6, 6.07) is 1.11. The zero-order valence-electron chi connectivity index (χ0n) is 9.84. The molecule has 94 valence electrons. The molecule has 0 aliphatic rings. The van der Waals surface area contributed by atoms with Crippen molar-refractivity contribution in [1.29, 1.82) is 0 Å². The lowest BCUT2D eigenvalue weighted by molar-refractivity contribution is -0.122. The third-order valence-electron chi connectivity index (χ3n) is 2.18. The second-order valence-electron chi connectivity index (χ2n) is 3.72. The number of nitrogens with one attached hydrogen (secondary N) is 3. The average Bonchev–Trinajstić information content (AvgIpc) is 2.72. The first kappa shape index (κ1) is 13.8. The van der Waals surface area contributed by atoms with E-state index in [1.54, 1.807) is 19.2 Å². The average molecular weight is 302 g/mol. The van der Waals surface area contributed by atoms with Crippen molar-refractivity contribution in [3.8, 4) is 0 Å². The second-order valence-corrected chi connectivity index (χ2v) is 4.63. The van der Waals surface area contributed by atoms with E-state index in [1.807, 2.05) is 6.92 Å². The highest BCUT2D eigenvalue weighted by molar-refractivity contribution is 9.10. The Kier molecular flexibility index (Phi) is 5.21. The number of hydrogen-bond acceptors (Lipinski definition) is 2. The van der Waals surface area contributed by atoms with Crippen LogP contribution in [0.5, 0.6) is 0 Å². The van der Waals surface area contributed by atoms with Gasteiger partial charge in [0.05, 0.1) is 0 Å². The molecule has 0 saturated heterocycles. The highest BCUT2D eigenvalue weighted by Gasteiger charge is 2.16. The number of rotatable bonds is 5. The second kappa shape index (κ2) is 6.44. The maximum absolute atomic E-state index is 11.7. The molecule has 17 heavy (non-hydrogen) atoms. The summed E-state index contributed by atoms with van der Waals surface area (Å²) in [7, 11) is 0. The molecule has 0 aliphatic heterocycles. The van der Waals surface area contributed by atoms with Crippen LogP contribution in [-0.2, 0) is 4.79 Å². The van der Waals surface area contributed by atoms with Crippen LogP contribution in [0.15, 0.2) is 16.7 Å². The van der Waals surface area contributed by atoms with E-state index in [2.05, 4.69) is 31.5 Å². The Bertz CT molecular complexity index is 403. The van der Waals surface area contributed by atoms with E-state index < -0.39 is 6.04 Å². The molecule has 0 fully saturated rings. The van der Waals surface area contributed by atoms with Gasteiger partial charge in [-0.25, -0.2) is 0 Å². The standard InChI is InChI=1S/C11H16BrN3O2/c1-3-4-13-10(16)7(2)15-11(17)9-5-8(12)6-14-9/h5-7,14H,3-4H2,1-2H3,(H,13,16)(H,15,17). The molecule has 0 aliphatic carbocycles. The van der Waals surface area contributed by atoms with Crippen molar-refractivity contribution in [1.82, 2.24) is 15.6 Å². The molecular weight excluding hydrogens is 286 g/mol. The van der Waals surface area contributed by atoms with Crippen molar-refractivity contribution < 1.29 is 9.59 Å². The van der Waals surface area contributed by atoms with E-state index >= 15 is 0 Å². The molecule has 1 rings (SSSR count). The zero-order chi connectivity index (χ0) is 12.8. The molecule has 5 nitrogen and oxygen atoms in total. The number of halogens is 1. The van der Waals surface area contributed by atoms with Gasteiger partial charge in [-0.3, -0.25) is 9.59 Å². The van der Waals surface area contributed by atoms with Crippen molar-refractivity contribution in [3.63, 3.8) is 0 Å². The minimum absolute atomic E-state index is 0.175. The van der Waals surface area contributed by atoms with Crippen LogP contribution in [0.25, 0.3) is 0 Å². The first-order valence-electron chi connectivity index (χ1n) is 5.47. The lowest BCUT2D eigenvalue weighted by Crippen LogP contribution is -2.45. The molecule has 0 spiro atoms.